The zero-order chi connectivity index (χ0) is 13.8. The molecule has 0 radical (unpaired) electrons. The van der Waals surface area contributed by atoms with Crippen molar-refractivity contribution in [1.82, 2.24) is 10.2 Å². The van der Waals surface area contributed by atoms with Crippen molar-refractivity contribution in [1.29, 1.82) is 0 Å². The highest BCUT2D eigenvalue weighted by molar-refractivity contribution is 5.81. The second kappa shape index (κ2) is 5.79. The first-order valence-corrected chi connectivity index (χ1v) is 6.40. The number of anilines is 2. The van der Waals surface area contributed by atoms with Crippen molar-refractivity contribution >= 4 is 17.3 Å². The summed E-state index contributed by atoms with van der Waals surface area (Å²) < 4.78 is 0. The van der Waals surface area contributed by atoms with Crippen molar-refractivity contribution in [2.24, 2.45) is 0 Å². The van der Waals surface area contributed by atoms with Gasteiger partial charge in [-0.25, -0.2) is 0 Å². The van der Waals surface area contributed by atoms with Crippen LogP contribution in [0, 0.1) is 0 Å². The highest BCUT2D eigenvalue weighted by Crippen LogP contribution is 2.23. The molecule has 104 valence electrons. The average Bonchev–Trinajstić information content (AvgIpc) is 2.40. The molecule has 1 saturated heterocycles. The lowest BCUT2D eigenvalue weighted by Gasteiger charge is -2.34. The zero-order valence-electron chi connectivity index (χ0n) is 11.0. The molecule has 6 heteroatoms. The minimum atomic E-state index is 0.0213. The van der Waals surface area contributed by atoms with Crippen LogP contribution in [0.25, 0.3) is 0 Å². The first-order valence-electron chi connectivity index (χ1n) is 6.40. The number of nitrogen functional groups attached to an aromatic ring is 1. The van der Waals surface area contributed by atoms with Gasteiger partial charge in [-0.3, -0.25) is 4.79 Å². The summed E-state index contributed by atoms with van der Waals surface area (Å²) in [6.07, 6.45) is 0. The van der Waals surface area contributed by atoms with Crippen LogP contribution in [0.4, 0.5) is 11.4 Å². The van der Waals surface area contributed by atoms with Gasteiger partial charge in [0.05, 0.1) is 12.2 Å². The van der Waals surface area contributed by atoms with Crippen LogP contribution in [0.5, 0.6) is 5.75 Å². The van der Waals surface area contributed by atoms with E-state index in [0.29, 0.717) is 11.4 Å². The Kier molecular flexibility index (Phi) is 4.11. The highest BCUT2D eigenvalue weighted by Gasteiger charge is 2.22. The molecule has 1 amide bonds. The van der Waals surface area contributed by atoms with Gasteiger partial charge in [-0.1, -0.05) is 0 Å². The number of hydrogen-bond donors (Lipinski definition) is 4. The Bertz CT molecular complexity index is 464. The number of carbonyl (C=O) groups is 1. The van der Waals surface area contributed by atoms with Crippen LogP contribution in [-0.4, -0.2) is 48.1 Å². The van der Waals surface area contributed by atoms with Crippen molar-refractivity contribution in [2.45, 2.75) is 13.0 Å². The number of hydrogen-bond acceptors (Lipinski definition) is 5. The molecule has 1 heterocycles. The Hall–Kier alpha value is -1.95. The van der Waals surface area contributed by atoms with Gasteiger partial charge < -0.3 is 26.4 Å². The van der Waals surface area contributed by atoms with Crippen LogP contribution in [0.3, 0.4) is 0 Å². The molecule has 1 fully saturated rings. The number of rotatable bonds is 3. The molecule has 1 aliphatic heterocycles. The lowest BCUT2D eigenvalue weighted by atomic mass is 10.2. The molecule has 1 aromatic rings. The number of benzene rings is 1. The maximum atomic E-state index is 12.1. The lowest BCUT2D eigenvalue weighted by Crippen LogP contribution is -2.53. The van der Waals surface area contributed by atoms with Gasteiger partial charge in [-0.05, 0) is 19.1 Å². The number of nitrogens with zero attached hydrogens (tertiary/aromatic N) is 1. The number of aromatic hydroxyl groups is 1. The van der Waals surface area contributed by atoms with Crippen LogP contribution < -0.4 is 16.4 Å². The summed E-state index contributed by atoms with van der Waals surface area (Å²) in [5, 5.41) is 15.7. The molecule has 0 unspecified atom stereocenters. The molecule has 19 heavy (non-hydrogen) atoms. The summed E-state index contributed by atoms with van der Waals surface area (Å²) in [6, 6.07) is 5.07. The summed E-state index contributed by atoms with van der Waals surface area (Å²) in [5.41, 5.74) is 6.53. The van der Waals surface area contributed by atoms with Gasteiger partial charge in [-0.15, -0.1) is 0 Å². The maximum Gasteiger partial charge on any atom is 0.242 e. The van der Waals surface area contributed by atoms with Gasteiger partial charge >= 0.3 is 0 Å². The van der Waals surface area contributed by atoms with Gasteiger partial charge in [0.2, 0.25) is 5.91 Å². The van der Waals surface area contributed by atoms with E-state index in [1.165, 1.54) is 6.07 Å². The highest BCUT2D eigenvalue weighted by atomic mass is 16.3. The average molecular weight is 264 g/mol. The van der Waals surface area contributed by atoms with Gasteiger partial charge in [0.15, 0.2) is 0 Å². The number of phenolic OH excluding ortho intramolecular Hbond substituents is 1. The number of amides is 1. The van der Waals surface area contributed by atoms with Crippen molar-refractivity contribution in [3.63, 3.8) is 0 Å². The molecule has 2 rings (SSSR count). The monoisotopic (exact) mass is 264 g/mol. The molecule has 1 atom stereocenters. The second-order valence-corrected chi connectivity index (χ2v) is 4.77. The Labute approximate surface area is 112 Å². The molecule has 0 aromatic heterocycles. The van der Waals surface area contributed by atoms with E-state index in [1.807, 2.05) is 11.8 Å². The summed E-state index contributed by atoms with van der Waals surface area (Å²) >= 11 is 0. The Morgan fingerprint density at radius 3 is 3.11 bits per heavy atom. The van der Waals surface area contributed by atoms with E-state index in [0.717, 1.165) is 19.6 Å². The fraction of sp³-hybridized carbons (Fsp3) is 0.462. The van der Waals surface area contributed by atoms with Crippen molar-refractivity contribution in [2.75, 3.05) is 37.2 Å². The number of nitrogens with one attached hydrogen (secondary N) is 2. The van der Waals surface area contributed by atoms with E-state index < -0.39 is 0 Å². The zero-order valence-corrected chi connectivity index (χ0v) is 11.0. The minimum Gasteiger partial charge on any atom is -0.506 e. The molecule has 5 N–H and O–H groups in total. The fourth-order valence-corrected chi connectivity index (χ4v) is 2.14. The van der Waals surface area contributed by atoms with Gasteiger partial charge in [0.1, 0.15) is 5.75 Å². The molecule has 0 spiro atoms. The summed E-state index contributed by atoms with van der Waals surface area (Å²) in [7, 11) is 0. The molecule has 0 saturated carbocycles. The Balaban J connectivity index is 1.90. The van der Waals surface area contributed by atoms with E-state index in [4.69, 9.17) is 5.73 Å². The molecule has 6 nitrogen and oxygen atoms in total. The molecular formula is C13H20N4O2. The van der Waals surface area contributed by atoms with Crippen LogP contribution in [-0.2, 0) is 4.79 Å². The van der Waals surface area contributed by atoms with E-state index in [2.05, 4.69) is 10.6 Å². The largest absolute Gasteiger partial charge is 0.506 e. The van der Waals surface area contributed by atoms with Crippen molar-refractivity contribution in [3.8, 4) is 5.75 Å². The standard InChI is InChI=1S/C13H20N4O2/c1-9-7-15-4-5-17(9)13(19)8-16-10-2-3-11(14)12(18)6-10/h2-3,6,9,15-16,18H,4-5,7-8,14H2,1H3/t9-/m1/s1. The van der Waals surface area contributed by atoms with Crippen LogP contribution in [0.1, 0.15) is 6.92 Å². The Morgan fingerprint density at radius 2 is 2.42 bits per heavy atom. The van der Waals surface area contributed by atoms with E-state index >= 15 is 0 Å². The minimum absolute atomic E-state index is 0.0213. The number of nitrogens with two attached hydrogens (primary N) is 1. The predicted octanol–water partition coefficient (Wildman–Crippen LogP) is 0.207. The molecule has 1 aromatic carbocycles. The molecular weight excluding hydrogens is 244 g/mol. The third-order valence-electron chi connectivity index (χ3n) is 3.30. The third kappa shape index (κ3) is 3.29. The maximum absolute atomic E-state index is 12.1. The van der Waals surface area contributed by atoms with E-state index in [-0.39, 0.29) is 24.2 Å². The quantitative estimate of drug-likeness (QED) is 0.463. The Morgan fingerprint density at radius 1 is 1.63 bits per heavy atom. The first kappa shape index (κ1) is 13.5. The number of carbonyl (C=O) groups excluding carboxylic acids is 1. The predicted molar refractivity (Wildman–Crippen MR) is 75.1 cm³/mol. The van der Waals surface area contributed by atoms with Gasteiger partial charge in [0.25, 0.3) is 0 Å². The SMILES string of the molecule is C[C@@H]1CNCCN1C(=O)CNc1ccc(N)c(O)c1. The normalized spacial score (nSPS) is 19.2. The van der Waals surface area contributed by atoms with Crippen LogP contribution in [0.15, 0.2) is 18.2 Å². The number of phenols is 1. The van der Waals surface area contributed by atoms with Crippen LogP contribution >= 0.6 is 0 Å². The summed E-state index contributed by atoms with van der Waals surface area (Å²) in [6.45, 7) is 4.63. The third-order valence-corrected chi connectivity index (χ3v) is 3.30. The fourth-order valence-electron chi connectivity index (χ4n) is 2.14. The van der Waals surface area contributed by atoms with Crippen molar-refractivity contribution in [3.05, 3.63) is 18.2 Å². The molecule has 0 aliphatic carbocycles. The lowest BCUT2D eigenvalue weighted by molar-refractivity contribution is -0.132. The second-order valence-electron chi connectivity index (χ2n) is 4.77. The first-order chi connectivity index (χ1) is 9.08. The van der Waals surface area contributed by atoms with Gasteiger partial charge in [-0.2, -0.15) is 0 Å². The molecule has 1 aliphatic rings. The van der Waals surface area contributed by atoms with Crippen molar-refractivity contribution < 1.29 is 9.90 Å². The topological polar surface area (TPSA) is 90.6 Å². The van der Waals surface area contributed by atoms with Crippen LogP contribution in [0.2, 0.25) is 0 Å². The van der Waals surface area contributed by atoms with E-state index in [1.54, 1.807) is 12.1 Å². The molecule has 0 bridgehead atoms. The summed E-state index contributed by atoms with van der Waals surface area (Å²) in [5.74, 6) is 0.0818. The smallest absolute Gasteiger partial charge is 0.242 e. The summed E-state index contributed by atoms with van der Waals surface area (Å²) in [4.78, 5) is 13.9. The van der Waals surface area contributed by atoms with E-state index in [9.17, 15) is 9.90 Å². The van der Waals surface area contributed by atoms with Gasteiger partial charge in [0, 0.05) is 37.4 Å². The number of piperazine rings is 1.